The Hall–Kier alpha value is -2.71. The first-order chi connectivity index (χ1) is 15.1. The molecule has 32 heavy (non-hydrogen) atoms. The van der Waals surface area contributed by atoms with Crippen LogP contribution in [0.1, 0.15) is 37.8 Å². The van der Waals surface area contributed by atoms with E-state index in [0.717, 1.165) is 11.3 Å². The molecule has 1 N–H and O–H groups in total. The van der Waals surface area contributed by atoms with Crippen LogP contribution in [0.5, 0.6) is 0 Å². The van der Waals surface area contributed by atoms with E-state index in [1.165, 1.54) is 4.31 Å². The first-order valence-corrected chi connectivity index (χ1v) is 12.3. The van der Waals surface area contributed by atoms with E-state index in [4.69, 9.17) is 0 Å². The van der Waals surface area contributed by atoms with Gasteiger partial charge in [-0.3, -0.25) is 9.59 Å². The Morgan fingerprint density at radius 1 is 1.16 bits per heavy atom. The molecule has 0 spiro atoms. The number of fused-ring (bicyclic) bond motifs is 1. The number of carbonyl (C=O) groups is 2. The first kappa shape index (κ1) is 22.5. The van der Waals surface area contributed by atoms with Crippen molar-refractivity contribution in [3.05, 3.63) is 59.7 Å². The molecule has 2 aromatic rings. The van der Waals surface area contributed by atoms with Crippen molar-refractivity contribution in [1.82, 2.24) is 9.62 Å². The van der Waals surface area contributed by atoms with Crippen molar-refractivity contribution in [2.45, 2.75) is 43.5 Å². The van der Waals surface area contributed by atoms with E-state index >= 15 is 0 Å². The Bertz CT molecular complexity index is 1150. The van der Waals surface area contributed by atoms with Crippen LogP contribution < -0.4 is 10.2 Å². The first-order valence-electron chi connectivity index (χ1n) is 10.9. The Labute approximate surface area is 189 Å². The fraction of sp³-hybridized carbons (Fsp3) is 0.417. The third kappa shape index (κ3) is 3.93. The van der Waals surface area contributed by atoms with Crippen LogP contribution in [0.25, 0.3) is 0 Å². The van der Waals surface area contributed by atoms with E-state index in [-0.39, 0.29) is 29.2 Å². The molecule has 0 radical (unpaired) electrons. The van der Waals surface area contributed by atoms with Crippen molar-refractivity contribution in [1.29, 1.82) is 0 Å². The van der Waals surface area contributed by atoms with Gasteiger partial charge in [0, 0.05) is 32.4 Å². The maximum Gasteiger partial charge on any atom is 0.243 e. The van der Waals surface area contributed by atoms with Crippen LogP contribution in [-0.2, 0) is 31.6 Å². The van der Waals surface area contributed by atoms with Crippen LogP contribution in [0.15, 0.2) is 53.4 Å². The molecular weight excluding hydrogens is 426 g/mol. The molecule has 2 aliphatic heterocycles. The number of nitrogens with zero attached hydrogens (tertiary/aromatic N) is 2. The molecule has 4 rings (SSSR count). The zero-order chi connectivity index (χ0) is 23.1. The third-order valence-corrected chi connectivity index (χ3v) is 8.41. The van der Waals surface area contributed by atoms with Crippen LogP contribution in [0, 0.1) is 5.92 Å². The number of piperidine rings is 1. The Balaban J connectivity index is 1.50. The molecule has 0 bridgehead atoms. The summed E-state index contributed by atoms with van der Waals surface area (Å²) in [5.74, 6) is -0.577. The van der Waals surface area contributed by atoms with Gasteiger partial charge in [-0.25, -0.2) is 8.42 Å². The summed E-state index contributed by atoms with van der Waals surface area (Å²) in [6, 6.07) is 14.5. The quantitative estimate of drug-likeness (QED) is 0.751. The fourth-order valence-corrected chi connectivity index (χ4v) is 6.12. The van der Waals surface area contributed by atoms with Crippen molar-refractivity contribution < 1.29 is 18.0 Å². The minimum atomic E-state index is -3.78. The molecule has 1 saturated heterocycles. The van der Waals surface area contributed by atoms with Gasteiger partial charge >= 0.3 is 0 Å². The Kier molecular flexibility index (Phi) is 5.85. The molecule has 2 aromatic carbocycles. The van der Waals surface area contributed by atoms with Crippen molar-refractivity contribution >= 4 is 27.5 Å². The number of amides is 2. The number of rotatable bonds is 5. The highest BCUT2D eigenvalue weighted by atomic mass is 32.2. The highest BCUT2D eigenvalue weighted by Gasteiger charge is 2.43. The monoisotopic (exact) mass is 455 g/mol. The van der Waals surface area contributed by atoms with Crippen LogP contribution >= 0.6 is 0 Å². The SMILES string of the molecule is CN1C(=O)C(C)(C)c2cc(S(=O)(=O)N3CCC[C@@H](C(=O)NCc4ccccc4)C3)ccc21. The minimum absolute atomic E-state index is 0.0600. The minimum Gasteiger partial charge on any atom is -0.352 e. The molecule has 7 nitrogen and oxygen atoms in total. The van der Waals surface area contributed by atoms with E-state index < -0.39 is 15.4 Å². The number of hydrogen-bond donors (Lipinski definition) is 1. The molecule has 8 heteroatoms. The standard InChI is InChI=1S/C24H29N3O4S/c1-24(2)20-14-19(11-12-21(20)26(3)23(24)29)32(30,31)27-13-7-10-18(16-27)22(28)25-15-17-8-5-4-6-9-17/h4-6,8-9,11-12,14,18H,7,10,13,15-16H2,1-3H3,(H,25,28)/t18-/m1/s1. The Morgan fingerprint density at radius 3 is 2.59 bits per heavy atom. The summed E-state index contributed by atoms with van der Waals surface area (Å²) in [7, 11) is -2.08. The molecule has 2 heterocycles. The predicted octanol–water partition coefficient (Wildman–Crippen LogP) is 2.66. The fourth-order valence-electron chi connectivity index (χ4n) is 4.57. The molecule has 0 aromatic heterocycles. The highest BCUT2D eigenvalue weighted by Crippen LogP contribution is 2.42. The molecule has 1 atom stereocenters. The second-order valence-electron chi connectivity index (χ2n) is 9.07. The number of benzene rings is 2. The molecule has 1 fully saturated rings. The normalized spacial score (nSPS) is 20.8. The van der Waals surface area contributed by atoms with Gasteiger partial charge in [-0.2, -0.15) is 4.31 Å². The van der Waals surface area contributed by atoms with E-state index in [1.54, 1.807) is 30.1 Å². The van der Waals surface area contributed by atoms with Crippen LogP contribution in [0.2, 0.25) is 0 Å². The summed E-state index contributed by atoms with van der Waals surface area (Å²) in [5.41, 5.74) is 1.66. The van der Waals surface area contributed by atoms with Gasteiger partial charge in [0.25, 0.3) is 0 Å². The van der Waals surface area contributed by atoms with E-state index in [0.29, 0.717) is 31.5 Å². The number of carbonyl (C=O) groups excluding carboxylic acids is 2. The number of hydrogen-bond acceptors (Lipinski definition) is 4. The summed E-state index contributed by atoms with van der Waals surface area (Å²) < 4.78 is 28.2. The summed E-state index contributed by atoms with van der Waals surface area (Å²) >= 11 is 0. The molecule has 0 unspecified atom stereocenters. The summed E-state index contributed by atoms with van der Waals surface area (Å²) in [6.45, 7) is 4.57. The largest absolute Gasteiger partial charge is 0.352 e. The van der Waals surface area contributed by atoms with Crippen molar-refractivity contribution in [2.75, 3.05) is 25.0 Å². The average molecular weight is 456 g/mol. The lowest BCUT2D eigenvalue weighted by atomic mass is 9.86. The molecular formula is C24H29N3O4S. The van der Waals surface area contributed by atoms with E-state index in [1.807, 2.05) is 44.2 Å². The van der Waals surface area contributed by atoms with E-state index in [2.05, 4.69) is 5.32 Å². The zero-order valence-corrected chi connectivity index (χ0v) is 19.5. The maximum absolute atomic E-state index is 13.4. The molecule has 170 valence electrons. The van der Waals surface area contributed by atoms with Crippen LogP contribution in [0.3, 0.4) is 0 Å². The van der Waals surface area contributed by atoms with Gasteiger partial charge in [0.1, 0.15) is 0 Å². The predicted molar refractivity (Wildman–Crippen MR) is 123 cm³/mol. The number of nitrogens with one attached hydrogen (secondary N) is 1. The van der Waals surface area contributed by atoms with Gasteiger partial charge < -0.3 is 10.2 Å². The second-order valence-corrected chi connectivity index (χ2v) is 11.0. The van der Waals surface area contributed by atoms with Crippen LogP contribution in [0.4, 0.5) is 5.69 Å². The lowest BCUT2D eigenvalue weighted by Gasteiger charge is -2.31. The molecule has 0 saturated carbocycles. The van der Waals surface area contributed by atoms with Gasteiger partial charge in [0.15, 0.2) is 0 Å². The van der Waals surface area contributed by atoms with E-state index in [9.17, 15) is 18.0 Å². The zero-order valence-electron chi connectivity index (χ0n) is 18.7. The van der Waals surface area contributed by atoms with Gasteiger partial charge in [-0.1, -0.05) is 30.3 Å². The highest BCUT2D eigenvalue weighted by molar-refractivity contribution is 7.89. The summed E-state index contributed by atoms with van der Waals surface area (Å²) in [6.07, 6.45) is 1.28. The Morgan fingerprint density at radius 2 is 1.88 bits per heavy atom. The van der Waals surface area contributed by atoms with Crippen LogP contribution in [-0.4, -0.2) is 44.7 Å². The smallest absolute Gasteiger partial charge is 0.243 e. The molecule has 0 aliphatic carbocycles. The van der Waals surface area contributed by atoms with Crippen molar-refractivity contribution in [3.63, 3.8) is 0 Å². The topological polar surface area (TPSA) is 86.8 Å². The lowest BCUT2D eigenvalue weighted by Crippen LogP contribution is -2.45. The summed E-state index contributed by atoms with van der Waals surface area (Å²) in [5, 5.41) is 2.93. The summed E-state index contributed by atoms with van der Waals surface area (Å²) in [4.78, 5) is 27.0. The van der Waals surface area contributed by atoms with Crippen molar-refractivity contribution in [2.24, 2.45) is 5.92 Å². The van der Waals surface area contributed by atoms with Gasteiger partial charge in [0.05, 0.1) is 16.2 Å². The van der Waals surface area contributed by atoms with Crippen molar-refractivity contribution in [3.8, 4) is 0 Å². The van der Waals surface area contributed by atoms with Gasteiger partial charge in [0.2, 0.25) is 21.8 Å². The third-order valence-electron chi connectivity index (χ3n) is 6.54. The van der Waals surface area contributed by atoms with Gasteiger partial charge in [-0.15, -0.1) is 0 Å². The second kappa shape index (κ2) is 8.33. The lowest BCUT2D eigenvalue weighted by molar-refractivity contribution is -0.126. The maximum atomic E-state index is 13.4. The molecule has 2 aliphatic rings. The van der Waals surface area contributed by atoms with Gasteiger partial charge in [-0.05, 0) is 56.0 Å². The number of sulfonamides is 1. The average Bonchev–Trinajstić information content (AvgIpc) is 2.98. The number of anilines is 1. The number of likely N-dealkylation sites (N-methyl/N-ethyl adjacent to an activating group) is 1. The molecule has 2 amide bonds.